The fourth-order valence-electron chi connectivity index (χ4n) is 2.59. The molecule has 4 nitrogen and oxygen atoms in total. The molecule has 1 aromatic rings. The Balaban J connectivity index is 2.44. The monoisotopic (exact) mass is 356 g/mol. The first-order valence-electron chi connectivity index (χ1n) is 7.59. The second-order valence-electron chi connectivity index (χ2n) is 5.73. The SMILES string of the molecule is CSC(=Nc1cc(C(F)(F)F)ccc1N1CCC(C)CC1)NC#N. The van der Waals surface area contributed by atoms with E-state index in [4.69, 9.17) is 5.26 Å². The maximum atomic E-state index is 13.0. The highest BCUT2D eigenvalue weighted by atomic mass is 32.2. The molecule has 2 rings (SSSR count). The molecule has 1 fully saturated rings. The van der Waals surface area contributed by atoms with E-state index in [1.54, 1.807) is 12.4 Å². The molecule has 0 aliphatic carbocycles. The van der Waals surface area contributed by atoms with Gasteiger partial charge in [-0.3, -0.25) is 5.32 Å². The number of amidine groups is 1. The number of piperidine rings is 1. The van der Waals surface area contributed by atoms with Gasteiger partial charge in [-0.1, -0.05) is 18.7 Å². The number of thioether (sulfide) groups is 1. The van der Waals surface area contributed by atoms with Gasteiger partial charge in [0.25, 0.3) is 0 Å². The van der Waals surface area contributed by atoms with Gasteiger partial charge >= 0.3 is 6.18 Å². The fraction of sp³-hybridized carbons (Fsp3) is 0.500. The summed E-state index contributed by atoms with van der Waals surface area (Å²) in [5.74, 6) is 0.615. The zero-order valence-corrected chi connectivity index (χ0v) is 14.3. The summed E-state index contributed by atoms with van der Waals surface area (Å²) < 4.78 is 39.1. The smallest absolute Gasteiger partial charge is 0.370 e. The van der Waals surface area contributed by atoms with E-state index in [-0.39, 0.29) is 10.9 Å². The van der Waals surface area contributed by atoms with E-state index in [9.17, 15) is 13.2 Å². The Kier molecular flexibility index (Phi) is 5.99. The van der Waals surface area contributed by atoms with Gasteiger partial charge in [-0.25, -0.2) is 4.99 Å². The van der Waals surface area contributed by atoms with E-state index < -0.39 is 11.7 Å². The van der Waals surface area contributed by atoms with Crippen LogP contribution in [0.3, 0.4) is 0 Å². The van der Waals surface area contributed by atoms with Crippen molar-refractivity contribution >= 4 is 28.3 Å². The summed E-state index contributed by atoms with van der Waals surface area (Å²) in [6, 6.07) is 3.60. The largest absolute Gasteiger partial charge is 0.416 e. The lowest BCUT2D eigenvalue weighted by Gasteiger charge is -2.33. The van der Waals surface area contributed by atoms with Crippen molar-refractivity contribution in [2.75, 3.05) is 24.2 Å². The van der Waals surface area contributed by atoms with Crippen molar-refractivity contribution in [2.24, 2.45) is 10.9 Å². The lowest BCUT2D eigenvalue weighted by Crippen LogP contribution is -2.32. The van der Waals surface area contributed by atoms with Crippen molar-refractivity contribution in [3.8, 4) is 6.19 Å². The first-order valence-corrected chi connectivity index (χ1v) is 8.81. The van der Waals surface area contributed by atoms with Gasteiger partial charge in [0.15, 0.2) is 11.4 Å². The van der Waals surface area contributed by atoms with Gasteiger partial charge in [0.05, 0.1) is 16.9 Å². The first kappa shape index (κ1) is 18.5. The minimum Gasteiger partial charge on any atom is -0.370 e. The summed E-state index contributed by atoms with van der Waals surface area (Å²) in [4.78, 5) is 6.30. The quantitative estimate of drug-likeness (QED) is 0.370. The van der Waals surface area contributed by atoms with Gasteiger partial charge in [0.2, 0.25) is 0 Å². The fourth-order valence-corrected chi connectivity index (χ4v) is 2.93. The van der Waals surface area contributed by atoms with Crippen LogP contribution >= 0.6 is 11.8 Å². The van der Waals surface area contributed by atoms with Gasteiger partial charge < -0.3 is 4.90 Å². The summed E-state index contributed by atoms with van der Waals surface area (Å²) in [6.45, 7) is 3.75. The molecule has 0 amide bonds. The second kappa shape index (κ2) is 7.79. The van der Waals surface area contributed by atoms with E-state index in [1.807, 2.05) is 0 Å². The second-order valence-corrected chi connectivity index (χ2v) is 6.52. The third kappa shape index (κ3) is 4.57. The summed E-state index contributed by atoms with van der Waals surface area (Å²) in [5, 5.41) is 11.4. The molecular formula is C16H19F3N4S. The minimum absolute atomic E-state index is 0.228. The number of benzene rings is 1. The average molecular weight is 356 g/mol. The number of nitrogens with one attached hydrogen (secondary N) is 1. The van der Waals surface area contributed by atoms with Crippen LogP contribution in [0.15, 0.2) is 23.2 Å². The third-order valence-corrected chi connectivity index (χ3v) is 4.59. The first-order chi connectivity index (χ1) is 11.3. The molecule has 0 spiro atoms. The highest BCUT2D eigenvalue weighted by molar-refractivity contribution is 8.13. The van der Waals surface area contributed by atoms with Gasteiger partial charge in [0, 0.05) is 13.1 Å². The molecular weight excluding hydrogens is 337 g/mol. The number of alkyl halides is 3. The topological polar surface area (TPSA) is 51.4 Å². The molecule has 1 N–H and O–H groups in total. The van der Waals surface area contributed by atoms with Crippen molar-refractivity contribution < 1.29 is 13.2 Å². The average Bonchev–Trinajstić information content (AvgIpc) is 2.54. The lowest BCUT2D eigenvalue weighted by molar-refractivity contribution is -0.137. The van der Waals surface area contributed by atoms with Crippen LogP contribution in [0.2, 0.25) is 0 Å². The van der Waals surface area contributed by atoms with E-state index in [0.29, 0.717) is 11.6 Å². The molecule has 0 unspecified atom stereocenters. The number of aliphatic imine (C=N–C) groups is 1. The van der Waals surface area contributed by atoms with Crippen molar-refractivity contribution in [1.82, 2.24) is 5.32 Å². The van der Waals surface area contributed by atoms with Crippen molar-refractivity contribution in [3.63, 3.8) is 0 Å². The highest BCUT2D eigenvalue weighted by Crippen LogP contribution is 2.38. The van der Waals surface area contributed by atoms with Crippen LogP contribution in [0.4, 0.5) is 24.5 Å². The van der Waals surface area contributed by atoms with Crippen LogP contribution in [-0.4, -0.2) is 24.5 Å². The Morgan fingerprint density at radius 1 is 1.38 bits per heavy atom. The van der Waals surface area contributed by atoms with Crippen LogP contribution in [-0.2, 0) is 6.18 Å². The van der Waals surface area contributed by atoms with E-state index >= 15 is 0 Å². The maximum Gasteiger partial charge on any atom is 0.416 e. The van der Waals surface area contributed by atoms with Gasteiger partial charge in [0.1, 0.15) is 0 Å². The number of hydrogen-bond donors (Lipinski definition) is 1. The normalized spacial score (nSPS) is 16.8. The molecule has 1 heterocycles. The molecule has 1 saturated heterocycles. The number of hydrogen-bond acceptors (Lipinski definition) is 4. The van der Waals surface area contributed by atoms with E-state index in [0.717, 1.165) is 38.1 Å². The summed E-state index contributed by atoms with van der Waals surface area (Å²) in [7, 11) is 0. The zero-order chi connectivity index (χ0) is 17.7. The van der Waals surface area contributed by atoms with Crippen molar-refractivity contribution in [3.05, 3.63) is 23.8 Å². The number of halogens is 3. The minimum atomic E-state index is -4.43. The van der Waals surface area contributed by atoms with Gasteiger partial charge in [-0.2, -0.15) is 18.4 Å². The van der Waals surface area contributed by atoms with Crippen LogP contribution < -0.4 is 10.2 Å². The molecule has 0 bridgehead atoms. The Morgan fingerprint density at radius 3 is 2.58 bits per heavy atom. The maximum absolute atomic E-state index is 13.0. The summed E-state index contributed by atoms with van der Waals surface area (Å²) >= 11 is 1.18. The highest BCUT2D eigenvalue weighted by Gasteiger charge is 2.31. The van der Waals surface area contributed by atoms with Gasteiger partial charge in [-0.05, 0) is 43.2 Å². The Bertz CT molecular complexity index is 644. The Labute approximate surface area is 143 Å². The standard InChI is InChI=1S/C16H19F3N4S/c1-11-5-7-23(8-6-11)14-4-3-12(16(17,18)19)9-13(14)22-15(24-2)21-10-20/h3-4,9,11H,5-8H2,1-2H3,(H,21,22). The lowest BCUT2D eigenvalue weighted by atomic mass is 9.98. The molecule has 0 aromatic heterocycles. The van der Waals surface area contributed by atoms with Crippen molar-refractivity contribution in [2.45, 2.75) is 25.9 Å². The van der Waals surface area contributed by atoms with Gasteiger partial charge in [-0.15, -0.1) is 0 Å². The Hall–Kier alpha value is -1.88. The van der Waals surface area contributed by atoms with Crippen LogP contribution in [0, 0.1) is 17.4 Å². The molecule has 0 radical (unpaired) electrons. The number of anilines is 1. The molecule has 0 atom stereocenters. The molecule has 8 heteroatoms. The molecule has 1 aliphatic heterocycles. The zero-order valence-electron chi connectivity index (χ0n) is 13.5. The van der Waals surface area contributed by atoms with Crippen molar-refractivity contribution in [1.29, 1.82) is 5.26 Å². The molecule has 0 saturated carbocycles. The molecule has 130 valence electrons. The molecule has 1 aromatic carbocycles. The van der Waals surface area contributed by atoms with Crippen LogP contribution in [0.25, 0.3) is 0 Å². The predicted octanol–water partition coefficient (Wildman–Crippen LogP) is 4.36. The number of rotatable bonds is 2. The summed E-state index contributed by atoms with van der Waals surface area (Å²) in [5.41, 5.74) is 0.153. The molecule has 1 aliphatic rings. The molecule has 24 heavy (non-hydrogen) atoms. The summed E-state index contributed by atoms with van der Waals surface area (Å²) in [6.07, 6.45) is 1.02. The van der Waals surface area contributed by atoms with E-state index in [1.165, 1.54) is 17.8 Å². The van der Waals surface area contributed by atoms with Crippen LogP contribution in [0.5, 0.6) is 0 Å². The van der Waals surface area contributed by atoms with Crippen LogP contribution in [0.1, 0.15) is 25.3 Å². The number of nitriles is 1. The van der Waals surface area contributed by atoms with E-state index in [2.05, 4.69) is 22.1 Å². The third-order valence-electron chi connectivity index (χ3n) is 4.01. The Morgan fingerprint density at radius 2 is 2.04 bits per heavy atom. The number of nitrogens with zero attached hydrogens (tertiary/aromatic N) is 3. The predicted molar refractivity (Wildman–Crippen MR) is 91.4 cm³/mol.